The number of carboxylic acids is 1. The first-order valence-electron chi connectivity index (χ1n) is 12.3. The van der Waals surface area contributed by atoms with Crippen LogP contribution in [-0.2, 0) is 33.8 Å². The highest BCUT2D eigenvalue weighted by atomic mass is 32.2. The van der Waals surface area contributed by atoms with Crippen LogP contribution in [0.4, 0.5) is 0 Å². The molecule has 3 N–H and O–H groups in total. The fourth-order valence-electron chi connectivity index (χ4n) is 5.38. The van der Waals surface area contributed by atoms with Crippen molar-refractivity contribution in [2.75, 3.05) is 6.54 Å². The van der Waals surface area contributed by atoms with Crippen molar-refractivity contribution < 1.29 is 19.5 Å². The summed E-state index contributed by atoms with van der Waals surface area (Å²) in [5.41, 5.74) is 3.39. The van der Waals surface area contributed by atoms with E-state index in [4.69, 9.17) is 5.11 Å². The Balaban J connectivity index is 1.61. The molecule has 2 aromatic carbocycles. The van der Waals surface area contributed by atoms with Gasteiger partial charge in [0.25, 0.3) is 0 Å². The summed E-state index contributed by atoms with van der Waals surface area (Å²) in [4.78, 5) is 41.0. The highest BCUT2D eigenvalue weighted by Gasteiger charge is 2.47. The Hall–Kier alpha value is -2.84. The Morgan fingerprint density at radius 2 is 1.71 bits per heavy atom. The minimum atomic E-state index is -0.938. The Kier molecular flexibility index (Phi) is 8.13. The number of benzene rings is 2. The maximum atomic E-state index is 14.0. The van der Waals surface area contributed by atoms with E-state index in [0.717, 1.165) is 36.1 Å². The average Bonchev–Trinajstić information content (AvgIpc) is 3.28. The number of nitrogens with zero attached hydrogens (tertiary/aromatic N) is 1. The van der Waals surface area contributed by atoms with Crippen LogP contribution >= 0.6 is 11.9 Å². The van der Waals surface area contributed by atoms with E-state index >= 15 is 0 Å². The molecule has 2 amide bonds. The van der Waals surface area contributed by atoms with Crippen LogP contribution in [0.3, 0.4) is 0 Å². The SMILES string of the molecule is CCC(CC)[C@@H]1C(=O)N[C@H](C2Cc3ccccc3C2)C(=O)N1Cc1ccccc1SNCC(=O)O. The van der Waals surface area contributed by atoms with Gasteiger partial charge in [-0.15, -0.1) is 0 Å². The van der Waals surface area contributed by atoms with Crippen molar-refractivity contribution in [3.05, 3.63) is 65.2 Å². The molecule has 0 radical (unpaired) electrons. The molecule has 2 aliphatic rings. The number of rotatable bonds is 10. The van der Waals surface area contributed by atoms with Crippen LogP contribution in [0.1, 0.15) is 43.4 Å². The van der Waals surface area contributed by atoms with Gasteiger partial charge in [-0.2, -0.15) is 0 Å². The van der Waals surface area contributed by atoms with Gasteiger partial charge in [0.05, 0.1) is 0 Å². The van der Waals surface area contributed by atoms with Crippen molar-refractivity contribution in [1.29, 1.82) is 0 Å². The van der Waals surface area contributed by atoms with Crippen molar-refractivity contribution >= 4 is 29.7 Å². The van der Waals surface area contributed by atoms with Gasteiger partial charge in [-0.25, -0.2) is 4.72 Å². The molecule has 0 spiro atoms. The number of piperazine rings is 1. The van der Waals surface area contributed by atoms with E-state index in [1.54, 1.807) is 4.90 Å². The zero-order valence-electron chi connectivity index (χ0n) is 20.2. The molecule has 1 fully saturated rings. The maximum absolute atomic E-state index is 14.0. The first kappa shape index (κ1) is 25.3. The van der Waals surface area contributed by atoms with Gasteiger partial charge in [-0.05, 0) is 59.4 Å². The largest absolute Gasteiger partial charge is 0.480 e. The lowest BCUT2D eigenvalue weighted by molar-refractivity contribution is -0.154. The molecule has 0 aromatic heterocycles. The lowest BCUT2D eigenvalue weighted by Crippen LogP contribution is -2.66. The van der Waals surface area contributed by atoms with Crippen LogP contribution in [-0.4, -0.2) is 46.4 Å². The molecule has 2 aromatic rings. The lowest BCUT2D eigenvalue weighted by atomic mass is 9.86. The summed E-state index contributed by atoms with van der Waals surface area (Å²) in [5, 5.41) is 12.1. The number of carbonyl (C=O) groups excluding carboxylic acids is 2. The minimum absolute atomic E-state index is 0.0300. The summed E-state index contributed by atoms with van der Waals surface area (Å²) in [6.45, 7) is 4.25. The van der Waals surface area contributed by atoms with E-state index in [-0.39, 0.29) is 30.2 Å². The van der Waals surface area contributed by atoms with Crippen molar-refractivity contribution in [3.63, 3.8) is 0 Å². The van der Waals surface area contributed by atoms with Gasteiger partial charge in [0.15, 0.2) is 0 Å². The van der Waals surface area contributed by atoms with E-state index in [9.17, 15) is 14.4 Å². The van der Waals surface area contributed by atoms with Crippen LogP contribution in [0.15, 0.2) is 53.4 Å². The molecule has 1 aliphatic heterocycles. The van der Waals surface area contributed by atoms with Crippen LogP contribution in [0.2, 0.25) is 0 Å². The number of carboxylic acid groups (broad SMARTS) is 1. The molecule has 0 unspecified atom stereocenters. The third-order valence-corrected chi connectivity index (χ3v) is 8.13. The highest BCUT2D eigenvalue weighted by Crippen LogP contribution is 2.34. The van der Waals surface area contributed by atoms with Crippen molar-refractivity contribution in [1.82, 2.24) is 14.9 Å². The van der Waals surface area contributed by atoms with E-state index in [0.29, 0.717) is 6.54 Å². The summed E-state index contributed by atoms with van der Waals surface area (Å²) in [6.07, 6.45) is 3.16. The topological polar surface area (TPSA) is 98.7 Å². The van der Waals surface area contributed by atoms with Crippen LogP contribution in [0.25, 0.3) is 0 Å². The fraction of sp³-hybridized carbons (Fsp3) is 0.444. The Morgan fingerprint density at radius 1 is 1.09 bits per heavy atom. The van der Waals surface area contributed by atoms with Gasteiger partial charge in [0.1, 0.15) is 18.6 Å². The van der Waals surface area contributed by atoms with E-state index in [1.165, 1.54) is 23.1 Å². The first-order valence-corrected chi connectivity index (χ1v) is 13.1. The minimum Gasteiger partial charge on any atom is -0.480 e. The summed E-state index contributed by atoms with van der Waals surface area (Å²) in [6, 6.07) is 14.8. The molecule has 1 heterocycles. The number of hydrogen-bond donors (Lipinski definition) is 3. The summed E-state index contributed by atoms with van der Waals surface area (Å²) < 4.78 is 2.85. The lowest BCUT2D eigenvalue weighted by Gasteiger charge is -2.44. The predicted molar refractivity (Wildman–Crippen MR) is 136 cm³/mol. The molecular formula is C27H33N3O4S. The van der Waals surface area contributed by atoms with Gasteiger partial charge in [-0.3, -0.25) is 14.4 Å². The molecule has 4 rings (SSSR count). The molecule has 1 saturated heterocycles. The van der Waals surface area contributed by atoms with E-state index in [1.807, 2.05) is 36.4 Å². The second-order valence-corrected chi connectivity index (χ2v) is 10.3. The zero-order valence-corrected chi connectivity index (χ0v) is 21.0. The quantitative estimate of drug-likeness (QED) is 0.437. The number of fused-ring (bicyclic) bond motifs is 1. The number of nitrogens with one attached hydrogen (secondary N) is 2. The molecule has 186 valence electrons. The first-order chi connectivity index (χ1) is 16.9. The molecule has 8 heteroatoms. The average molecular weight is 496 g/mol. The monoisotopic (exact) mass is 495 g/mol. The van der Waals surface area contributed by atoms with E-state index in [2.05, 4.69) is 36.0 Å². The van der Waals surface area contributed by atoms with Gasteiger partial charge < -0.3 is 15.3 Å². The second-order valence-electron chi connectivity index (χ2n) is 9.34. The van der Waals surface area contributed by atoms with Crippen LogP contribution in [0.5, 0.6) is 0 Å². The molecule has 0 bridgehead atoms. The van der Waals surface area contributed by atoms with Crippen LogP contribution in [0, 0.1) is 11.8 Å². The van der Waals surface area contributed by atoms with Crippen molar-refractivity contribution in [2.45, 2.75) is 63.1 Å². The van der Waals surface area contributed by atoms with Gasteiger partial charge in [0, 0.05) is 11.4 Å². The van der Waals surface area contributed by atoms with Crippen molar-refractivity contribution in [3.8, 4) is 0 Å². The fourth-order valence-corrected chi connectivity index (χ4v) is 6.14. The normalized spacial score (nSPS) is 20.3. The number of carbonyl (C=O) groups is 3. The van der Waals surface area contributed by atoms with Crippen molar-refractivity contribution in [2.24, 2.45) is 11.8 Å². The maximum Gasteiger partial charge on any atom is 0.318 e. The number of hydrogen-bond acceptors (Lipinski definition) is 5. The summed E-state index contributed by atoms with van der Waals surface area (Å²) >= 11 is 1.24. The third-order valence-electron chi connectivity index (χ3n) is 7.22. The van der Waals surface area contributed by atoms with Crippen LogP contribution < -0.4 is 10.0 Å². The molecular weight excluding hydrogens is 462 g/mol. The molecule has 35 heavy (non-hydrogen) atoms. The second kappa shape index (κ2) is 11.3. The summed E-state index contributed by atoms with van der Waals surface area (Å²) in [5.74, 6) is -0.945. The highest BCUT2D eigenvalue weighted by molar-refractivity contribution is 7.97. The molecule has 7 nitrogen and oxygen atoms in total. The Labute approximate surface area is 210 Å². The van der Waals surface area contributed by atoms with Gasteiger partial charge in [-0.1, -0.05) is 69.2 Å². The molecule has 1 aliphatic carbocycles. The number of amides is 2. The molecule has 0 saturated carbocycles. The van der Waals surface area contributed by atoms with Gasteiger partial charge in [0.2, 0.25) is 11.8 Å². The Bertz CT molecular complexity index is 1060. The molecule has 2 atom stereocenters. The zero-order chi connectivity index (χ0) is 24.9. The third kappa shape index (κ3) is 5.54. The van der Waals surface area contributed by atoms with E-state index < -0.39 is 18.1 Å². The summed E-state index contributed by atoms with van der Waals surface area (Å²) in [7, 11) is 0. The standard InChI is InChI=1S/C27H33N3O4S/c1-3-17(4-2)25-26(33)29-24(21-13-18-9-5-6-10-19(18)14-21)27(34)30(25)16-20-11-7-8-12-22(20)35-28-15-23(31)32/h5-12,17,21,24-25,28H,3-4,13-16H2,1-2H3,(H,29,33)(H,31,32)/t24-,25-/m1/s1. The Morgan fingerprint density at radius 3 is 2.34 bits per heavy atom. The predicted octanol–water partition coefficient (Wildman–Crippen LogP) is 3.41. The van der Waals surface area contributed by atoms with Gasteiger partial charge >= 0.3 is 5.97 Å². The number of aliphatic carboxylic acids is 1. The smallest absolute Gasteiger partial charge is 0.318 e.